The van der Waals surface area contributed by atoms with Gasteiger partial charge in [-0.25, -0.2) is 4.98 Å². The van der Waals surface area contributed by atoms with Gasteiger partial charge in [0.2, 0.25) is 0 Å². The first kappa shape index (κ1) is 16.9. The maximum atomic E-state index is 12.0. The van der Waals surface area contributed by atoms with Gasteiger partial charge in [-0.2, -0.15) is 14.8 Å². The third kappa shape index (κ3) is 3.01. The molecule has 28 heavy (non-hydrogen) atoms. The Hall–Kier alpha value is -3.26. The molecule has 1 saturated heterocycles. The van der Waals surface area contributed by atoms with Gasteiger partial charge in [-0.1, -0.05) is 0 Å². The Morgan fingerprint density at radius 1 is 1.25 bits per heavy atom. The highest BCUT2D eigenvalue weighted by Crippen LogP contribution is 2.30. The largest absolute Gasteiger partial charge is 0.464 e. The van der Waals surface area contributed by atoms with Crippen molar-refractivity contribution in [3.8, 4) is 11.1 Å². The summed E-state index contributed by atoms with van der Waals surface area (Å²) in [4.78, 5) is 19.8. The van der Waals surface area contributed by atoms with Crippen molar-refractivity contribution >= 4 is 22.5 Å². The fourth-order valence-corrected chi connectivity index (χ4v) is 3.74. The van der Waals surface area contributed by atoms with E-state index in [9.17, 15) is 4.79 Å². The van der Waals surface area contributed by atoms with E-state index in [-0.39, 0.29) is 12.0 Å². The average Bonchev–Trinajstić information content (AvgIpc) is 3.46. The molecule has 8 heteroatoms. The second-order valence-corrected chi connectivity index (χ2v) is 6.94. The number of hydrogen-bond acceptors (Lipinski definition) is 6. The number of carbonyl (C=O) groups is 1. The molecule has 5 rings (SSSR count). The highest BCUT2D eigenvalue weighted by Gasteiger charge is 2.23. The Bertz CT molecular complexity index is 1140. The summed E-state index contributed by atoms with van der Waals surface area (Å²) in [6.07, 6.45) is 7.80. The van der Waals surface area contributed by atoms with Crippen LogP contribution in [0.5, 0.6) is 0 Å². The first-order valence-corrected chi connectivity index (χ1v) is 9.45. The van der Waals surface area contributed by atoms with Crippen LogP contribution in [0, 0.1) is 0 Å². The topological polar surface area (TPSA) is 97.2 Å². The molecule has 0 amide bonds. The summed E-state index contributed by atoms with van der Waals surface area (Å²) in [5, 5.41) is 12.7. The predicted molar refractivity (Wildman–Crippen MR) is 104 cm³/mol. The Morgan fingerprint density at radius 2 is 2.21 bits per heavy atom. The van der Waals surface area contributed by atoms with Crippen LogP contribution in [-0.2, 0) is 16.0 Å². The van der Waals surface area contributed by atoms with Crippen LogP contribution in [0.3, 0.4) is 0 Å². The van der Waals surface area contributed by atoms with Crippen molar-refractivity contribution in [1.82, 2.24) is 30.1 Å². The molecule has 2 N–H and O–H groups in total. The number of carbonyl (C=O) groups excluding carboxylic acids is 1. The van der Waals surface area contributed by atoms with E-state index in [0.29, 0.717) is 13.0 Å². The minimum Gasteiger partial charge on any atom is -0.464 e. The van der Waals surface area contributed by atoms with Crippen molar-refractivity contribution in [1.29, 1.82) is 0 Å². The number of aromatic nitrogens is 5. The SMILES string of the molecule is O=C(OCCc1cc2c(-c3cnn4ncccc34)ccnc2[nH]1)C1CCCN1. The molecule has 1 unspecified atom stereocenters. The van der Waals surface area contributed by atoms with Crippen molar-refractivity contribution in [3.05, 3.63) is 48.5 Å². The normalized spacial score (nSPS) is 16.8. The maximum Gasteiger partial charge on any atom is 0.323 e. The predicted octanol–water partition coefficient (Wildman–Crippen LogP) is 2.11. The third-order valence-electron chi connectivity index (χ3n) is 5.14. The van der Waals surface area contributed by atoms with Gasteiger partial charge in [0, 0.05) is 35.5 Å². The van der Waals surface area contributed by atoms with Crippen LogP contribution < -0.4 is 5.32 Å². The van der Waals surface area contributed by atoms with Gasteiger partial charge in [0.15, 0.2) is 0 Å². The second kappa shape index (κ2) is 7.05. The van der Waals surface area contributed by atoms with Crippen molar-refractivity contribution in [2.24, 2.45) is 0 Å². The lowest BCUT2D eigenvalue weighted by atomic mass is 10.1. The number of fused-ring (bicyclic) bond motifs is 2. The molecule has 142 valence electrons. The Balaban J connectivity index is 1.38. The van der Waals surface area contributed by atoms with Crippen LogP contribution in [0.1, 0.15) is 18.5 Å². The van der Waals surface area contributed by atoms with E-state index in [1.807, 2.05) is 24.4 Å². The van der Waals surface area contributed by atoms with E-state index in [1.165, 1.54) is 0 Å². The first-order valence-electron chi connectivity index (χ1n) is 9.45. The van der Waals surface area contributed by atoms with Crippen molar-refractivity contribution in [2.75, 3.05) is 13.2 Å². The molecule has 0 radical (unpaired) electrons. The zero-order valence-corrected chi connectivity index (χ0v) is 15.3. The first-order chi connectivity index (χ1) is 13.8. The summed E-state index contributed by atoms with van der Waals surface area (Å²) in [5.41, 5.74) is 4.78. The van der Waals surface area contributed by atoms with Gasteiger partial charge in [0.1, 0.15) is 11.7 Å². The van der Waals surface area contributed by atoms with Gasteiger partial charge in [0.25, 0.3) is 0 Å². The van der Waals surface area contributed by atoms with E-state index in [4.69, 9.17) is 4.74 Å². The molecule has 5 heterocycles. The zero-order chi connectivity index (χ0) is 18.9. The lowest BCUT2D eigenvalue weighted by Crippen LogP contribution is -2.32. The molecule has 1 atom stereocenters. The average molecular weight is 376 g/mol. The molecule has 1 fully saturated rings. The van der Waals surface area contributed by atoms with Crippen LogP contribution >= 0.6 is 0 Å². The van der Waals surface area contributed by atoms with Crippen molar-refractivity contribution < 1.29 is 9.53 Å². The molecule has 0 saturated carbocycles. The van der Waals surface area contributed by atoms with E-state index in [1.54, 1.807) is 17.0 Å². The summed E-state index contributed by atoms with van der Waals surface area (Å²) in [6.45, 7) is 1.23. The minimum atomic E-state index is -0.161. The number of aromatic amines is 1. The molecular weight excluding hydrogens is 356 g/mol. The number of nitrogens with zero attached hydrogens (tertiary/aromatic N) is 4. The highest BCUT2D eigenvalue weighted by atomic mass is 16.5. The number of ether oxygens (including phenoxy) is 1. The molecule has 0 spiro atoms. The van der Waals surface area contributed by atoms with Crippen LogP contribution in [0.15, 0.2) is 42.9 Å². The molecule has 0 aromatic carbocycles. The third-order valence-corrected chi connectivity index (χ3v) is 5.14. The number of rotatable bonds is 5. The molecule has 4 aromatic heterocycles. The van der Waals surface area contributed by atoms with Gasteiger partial charge >= 0.3 is 5.97 Å². The van der Waals surface area contributed by atoms with E-state index in [0.717, 1.165) is 52.8 Å². The van der Waals surface area contributed by atoms with Crippen molar-refractivity contribution in [3.63, 3.8) is 0 Å². The maximum absolute atomic E-state index is 12.0. The summed E-state index contributed by atoms with van der Waals surface area (Å²) >= 11 is 0. The molecule has 4 aromatic rings. The standard InChI is InChI=1S/C20H20N6O2/c27-20(17-3-1-7-21-17)28-10-6-13-11-15-14(5-9-22-19(15)25-13)16-12-24-26-18(16)4-2-8-23-26/h2,4-5,8-9,11-12,17,21H,1,3,6-7,10H2,(H,22,25). The number of pyridine rings is 1. The van der Waals surface area contributed by atoms with E-state index >= 15 is 0 Å². The molecule has 1 aliphatic rings. The van der Waals surface area contributed by atoms with Gasteiger partial charge < -0.3 is 15.0 Å². The van der Waals surface area contributed by atoms with Gasteiger partial charge in [-0.15, -0.1) is 0 Å². The monoisotopic (exact) mass is 376 g/mol. The fraction of sp³-hybridized carbons (Fsp3) is 0.300. The number of nitrogens with one attached hydrogen (secondary N) is 2. The zero-order valence-electron chi connectivity index (χ0n) is 15.3. The van der Waals surface area contributed by atoms with E-state index < -0.39 is 0 Å². The smallest absolute Gasteiger partial charge is 0.323 e. The lowest BCUT2D eigenvalue weighted by Gasteiger charge is -2.09. The Labute approximate surface area is 160 Å². The van der Waals surface area contributed by atoms with Crippen molar-refractivity contribution in [2.45, 2.75) is 25.3 Å². The molecule has 0 bridgehead atoms. The van der Waals surface area contributed by atoms with Gasteiger partial charge in [-0.05, 0) is 49.2 Å². The van der Waals surface area contributed by atoms with E-state index in [2.05, 4.69) is 31.5 Å². The number of hydrogen-bond donors (Lipinski definition) is 2. The van der Waals surface area contributed by atoms with Gasteiger partial charge in [0.05, 0.1) is 18.3 Å². The quantitative estimate of drug-likeness (QED) is 0.518. The molecular formula is C20H20N6O2. The molecule has 0 aliphatic carbocycles. The van der Waals surface area contributed by atoms with Crippen LogP contribution in [0.4, 0.5) is 0 Å². The molecule has 1 aliphatic heterocycles. The summed E-state index contributed by atoms with van der Waals surface area (Å²) < 4.78 is 7.04. The van der Waals surface area contributed by atoms with Gasteiger partial charge in [-0.3, -0.25) is 4.79 Å². The highest BCUT2D eigenvalue weighted by molar-refractivity contribution is 5.97. The number of esters is 1. The summed E-state index contributed by atoms with van der Waals surface area (Å²) in [6, 6.07) is 7.79. The number of H-pyrrole nitrogens is 1. The minimum absolute atomic E-state index is 0.153. The Kier molecular flexibility index (Phi) is 4.25. The second-order valence-electron chi connectivity index (χ2n) is 6.94. The molecule has 8 nitrogen and oxygen atoms in total. The van der Waals surface area contributed by atoms with Crippen LogP contribution in [-0.4, -0.2) is 50.0 Å². The Morgan fingerprint density at radius 3 is 3.11 bits per heavy atom. The summed E-state index contributed by atoms with van der Waals surface area (Å²) in [7, 11) is 0. The van der Waals surface area contributed by atoms with Crippen LogP contribution in [0.25, 0.3) is 27.7 Å². The summed E-state index contributed by atoms with van der Waals surface area (Å²) in [5.74, 6) is -0.161. The fourth-order valence-electron chi connectivity index (χ4n) is 3.74. The van der Waals surface area contributed by atoms with Crippen LogP contribution in [0.2, 0.25) is 0 Å². The lowest BCUT2D eigenvalue weighted by molar-refractivity contribution is -0.145.